The van der Waals surface area contributed by atoms with Gasteiger partial charge in [0.15, 0.2) is 0 Å². The first kappa shape index (κ1) is 36.1. The summed E-state index contributed by atoms with van der Waals surface area (Å²) in [6.07, 6.45) is 7.96. The number of rotatable bonds is 12. The van der Waals surface area contributed by atoms with Crippen molar-refractivity contribution < 1.29 is 4.74 Å². The standard InChI is InChI=1S/C39H75N5O/c1-13-36(8,9)33-25-38(12,27-41-18-16-40-17-19-41)31(4)43(33)37(10,11)15-14-29(2)30(3)32-24-39(28-42-20-22-45-23-21-42)26-34(39)44(32)35(5,6)7/h29-34,40H,13-28H2,1-12H3/t29-,30?,31-,32?,33+,34?,38-,39+/m1/s1. The third-order valence-corrected chi connectivity index (χ3v) is 14.3. The first-order valence-electron chi connectivity index (χ1n) is 19.2. The summed E-state index contributed by atoms with van der Waals surface area (Å²) in [5.41, 5.74) is 1.58. The fraction of sp³-hybridized carbons (Fsp3) is 1.00. The van der Waals surface area contributed by atoms with Crippen molar-refractivity contribution in [2.75, 3.05) is 65.6 Å². The lowest BCUT2D eigenvalue weighted by Gasteiger charge is -2.49. The molecule has 1 saturated carbocycles. The molecule has 6 heteroatoms. The zero-order valence-corrected chi connectivity index (χ0v) is 32.0. The average Bonchev–Trinajstić information content (AvgIpc) is 3.43. The molecule has 0 bridgehead atoms. The lowest BCUT2D eigenvalue weighted by Crippen LogP contribution is -2.56. The van der Waals surface area contributed by atoms with Gasteiger partial charge in [-0.05, 0) is 103 Å². The molecular formula is C39H75N5O. The minimum atomic E-state index is 0.185. The summed E-state index contributed by atoms with van der Waals surface area (Å²) >= 11 is 0. The molecule has 45 heavy (non-hydrogen) atoms. The van der Waals surface area contributed by atoms with Gasteiger partial charge in [0.25, 0.3) is 0 Å². The summed E-state index contributed by atoms with van der Waals surface area (Å²) in [6.45, 7) is 41.8. The molecule has 262 valence electrons. The van der Waals surface area contributed by atoms with E-state index in [4.69, 9.17) is 4.74 Å². The Bertz CT molecular complexity index is 980. The predicted molar refractivity (Wildman–Crippen MR) is 191 cm³/mol. The van der Waals surface area contributed by atoms with Crippen molar-refractivity contribution in [2.24, 2.45) is 28.1 Å². The Morgan fingerprint density at radius 1 is 0.844 bits per heavy atom. The summed E-state index contributed by atoms with van der Waals surface area (Å²) < 4.78 is 5.69. The number of nitrogens with one attached hydrogen (secondary N) is 1. The van der Waals surface area contributed by atoms with Crippen LogP contribution in [0, 0.1) is 28.1 Å². The van der Waals surface area contributed by atoms with Crippen LogP contribution >= 0.6 is 0 Å². The van der Waals surface area contributed by atoms with E-state index < -0.39 is 0 Å². The number of hydrogen-bond donors (Lipinski definition) is 1. The lowest BCUT2D eigenvalue weighted by atomic mass is 9.74. The second kappa shape index (κ2) is 13.2. The van der Waals surface area contributed by atoms with E-state index in [2.05, 4.69) is 108 Å². The Balaban J connectivity index is 1.27. The van der Waals surface area contributed by atoms with E-state index in [-0.39, 0.29) is 11.1 Å². The van der Waals surface area contributed by atoms with Crippen LogP contribution in [0.1, 0.15) is 122 Å². The van der Waals surface area contributed by atoms with E-state index in [1.54, 1.807) is 0 Å². The molecule has 5 rings (SSSR count). The van der Waals surface area contributed by atoms with Gasteiger partial charge in [-0.3, -0.25) is 14.7 Å². The van der Waals surface area contributed by atoms with Gasteiger partial charge in [-0.2, -0.15) is 0 Å². The number of ether oxygens (including phenoxy) is 1. The van der Waals surface area contributed by atoms with Crippen molar-refractivity contribution in [1.82, 2.24) is 24.9 Å². The molecule has 0 aromatic rings. The number of piperazine rings is 1. The zero-order chi connectivity index (χ0) is 33.0. The molecule has 3 unspecified atom stereocenters. The highest BCUT2D eigenvalue weighted by molar-refractivity contribution is 5.21. The van der Waals surface area contributed by atoms with Crippen LogP contribution < -0.4 is 5.32 Å². The van der Waals surface area contributed by atoms with Gasteiger partial charge >= 0.3 is 0 Å². The molecule has 8 atom stereocenters. The van der Waals surface area contributed by atoms with Gasteiger partial charge in [0.1, 0.15) is 0 Å². The van der Waals surface area contributed by atoms with E-state index in [0.29, 0.717) is 40.3 Å². The van der Waals surface area contributed by atoms with Gasteiger partial charge in [-0.1, -0.05) is 41.5 Å². The quantitative estimate of drug-likeness (QED) is 0.262. The molecule has 0 spiro atoms. The highest BCUT2D eigenvalue weighted by atomic mass is 16.5. The van der Waals surface area contributed by atoms with E-state index in [0.717, 1.165) is 51.4 Å². The van der Waals surface area contributed by atoms with Crippen LogP contribution in [-0.4, -0.2) is 120 Å². The molecule has 0 aromatic carbocycles. The number of fused-ring (bicyclic) bond motifs is 1. The van der Waals surface area contributed by atoms with Crippen LogP contribution in [-0.2, 0) is 4.74 Å². The van der Waals surface area contributed by atoms with E-state index in [1.165, 1.54) is 64.7 Å². The van der Waals surface area contributed by atoms with Crippen molar-refractivity contribution in [3.8, 4) is 0 Å². The van der Waals surface area contributed by atoms with E-state index in [9.17, 15) is 0 Å². The third kappa shape index (κ3) is 7.37. The molecule has 0 amide bonds. The number of piperidine rings is 1. The number of morpholine rings is 1. The number of hydrogen-bond acceptors (Lipinski definition) is 6. The van der Waals surface area contributed by atoms with Gasteiger partial charge in [0, 0.05) is 93.0 Å². The zero-order valence-electron chi connectivity index (χ0n) is 32.0. The molecule has 5 fully saturated rings. The van der Waals surface area contributed by atoms with Crippen LogP contribution in [0.4, 0.5) is 0 Å². The number of nitrogens with zero attached hydrogens (tertiary/aromatic N) is 4. The fourth-order valence-corrected chi connectivity index (χ4v) is 10.6. The van der Waals surface area contributed by atoms with Crippen LogP contribution in [0.15, 0.2) is 0 Å². The predicted octanol–water partition coefficient (Wildman–Crippen LogP) is 6.59. The van der Waals surface area contributed by atoms with Crippen molar-refractivity contribution in [2.45, 2.75) is 157 Å². The molecule has 4 heterocycles. The van der Waals surface area contributed by atoms with Crippen LogP contribution in [0.5, 0.6) is 0 Å². The summed E-state index contributed by atoms with van der Waals surface area (Å²) in [5, 5.41) is 3.57. The minimum Gasteiger partial charge on any atom is -0.379 e. The molecule has 4 aliphatic heterocycles. The Morgan fingerprint density at radius 3 is 2.07 bits per heavy atom. The smallest absolute Gasteiger partial charge is 0.0594 e. The topological polar surface area (TPSA) is 34.2 Å². The molecular weight excluding hydrogens is 554 g/mol. The van der Waals surface area contributed by atoms with Crippen LogP contribution in [0.3, 0.4) is 0 Å². The Kier molecular flexibility index (Phi) is 10.6. The molecule has 5 aliphatic rings. The summed E-state index contributed by atoms with van der Waals surface area (Å²) in [4.78, 5) is 11.5. The molecule has 0 aromatic heterocycles. The van der Waals surface area contributed by atoms with Crippen molar-refractivity contribution in [3.05, 3.63) is 0 Å². The normalized spacial score (nSPS) is 37.6. The lowest BCUT2D eigenvalue weighted by molar-refractivity contribution is -0.00913. The number of likely N-dealkylation sites (tertiary alicyclic amines) is 2. The SMILES string of the molecule is CCC(C)(C)[C@@H]1C[C@](C)(CN2CCNCC2)[C@@H](C)N1C(C)(C)CC[C@@H](C)C(C)C1C[C@@]2(CN3CCOCC3)CC2N1C(C)(C)C. The second-order valence-corrected chi connectivity index (χ2v) is 19.3. The van der Waals surface area contributed by atoms with E-state index >= 15 is 0 Å². The monoisotopic (exact) mass is 630 g/mol. The first-order chi connectivity index (χ1) is 20.9. The summed E-state index contributed by atoms with van der Waals surface area (Å²) in [7, 11) is 0. The van der Waals surface area contributed by atoms with Crippen molar-refractivity contribution in [1.29, 1.82) is 0 Å². The summed E-state index contributed by atoms with van der Waals surface area (Å²) in [6, 6.07) is 2.69. The maximum Gasteiger partial charge on any atom is 0.0594 e. The van der Waals surface area contributed by atoms with Crippen LogP contribution in [0.25, 0.3) is 0 Å². The Labute approximate surface area is 279 Å². The largest absolute Gasteiger partial charge is 0.379 e. The molecule has 1 N–H and O–H groups in total. The van der Waals surface area contributed by atoms with Gasteiger partial charge in [-0.25, -0.2) is 0 Å². The van der Waals surface area contributed by atoms with Crippen molar-refractivity contribution >= 4 is 0 Å². The van der Waals surface area contributed by atoms with Gasteiger partial charge in [-0.15, -0.1) is 0 Å². The third-order valence-electron chi connectivity index (χ3n) is 14.3. The fourth-order valence-electron chi connectivity index (χ4n) is 10.6. The van der Waals surface area contributed by atoms with Crippen molar-refractivity contribution in [3.63, 3.8) is 0 Å². The molecule has 0 radical (unpaired) electrons. The van der Waals surface area contributed by atoms with Gasteiger partial charge in [0.2, 0.25) is 0 Å². The Morgan fingerprint density at radius 2 is 1.47 bits per heavy atom. The van der Waals surface area contributed by atoms with Crippen LogP contribution in [0.2, 0.25) is 0 Å². The first-order valence-corrected chi connectivity index (χ1v) is 19.2. The van der Waals surface area contributed by atoms with Gasteiger partial charge in [0.05, 0.1) is 13.2 Å². The highest BCUT2D eigenvalue weighted by Crippen LogP contribution is 2.63. The molecule has 1 aliphatic carbocycles. The summed E-state index contributed by atoms with van der Waals surface area (Å²) in [5.74, 6) is 1.44. The molecule has 6 nitrogen and oxygen atoms in total. The second-order valence-electron chi connectivity index (χ2n) is 19.3. The minimum absolute atomic E-state index is 0.185. The highest BCUT2D eigenvalue weighted by Gasteiger charge is 2.67. The molecule has 4 saturated heterocycles. The maximum absolute atomic E-state index is 5.69. The maximum atomic E-state index is 5.69. The van der Waals surface area contributed by atoms with Gasteiger partial charge < -0.3 is 15.0 Å². The average molecular weight is 630 g/mol. The Hall–Kier alpha value is -0.240. The van der Waals surface area contributed by atoms with E-state index in [1.807, 2.05) is 0 Å².